The van der Waals surface area contributed by atoms with Crippen LogP contribution in [0.15, 0.2) is 39.5 Å². The zero-order valence-electron chi connectivity index (χ0n) is 15.5. The van der Waals surface area contributed by atoms with Gasteiger partial charge in [0.25, 0.3) is 11.8 Å². The Kier molecular flexibility index (Phi) is 6.12. The van der Waals surface area contributed by atoms with Crippen LogP contribution in [-0.4, -0.2) is 43.4 Å². The van der Waals surface area contributed by atoms with E-state index in [-0.39, 0.29) is 17.2 Å². The van der Waals surface area contributed by atoms with Crippen LogP contribution in [0.25, 0.3) is 0 Å². The fourth-order valence-electron chi connectivity index (χ4n) is 2.42. The normalized spacial score (nSPS) is 10.2. The number of hydrogen-bond donors (Lipinski definition) is 1. The van der Waals surface area contributed by atoms with Gasteiger partial charge in [0.15, 0.2) is 6.61 Å². The van der Waals surface area contributed by atoms with Crippen molar-refractivity contribution >= 4 is 23.5 Å². The SMILES string of the molecule is Cc1cc(=O)oc(C)c1C(=O)OCC(=O)Nc1ccc(C(=O)N(C)C)cc1. The van der Waals surface area contributed by atoms with Gasteiger partial charge in [0.1, 0.15) is 11.3 Å². The summed E-state index contributed by atoms with van der Waals surface area (Å²) in [6.45, 7) is 2.55. The van der Waals surface area contributed by atoms with E-state index in [0.29, 0.717) is 16.8 Å². The van der Waals surface area contributed by atoms with Gasteiger partial charge in [-0.25, -0.2) is 9.59 Å². The molecule has 142 valence electrons. The summed E-state index contributed by atoms with van der Waals surface area (Å²) in [5, 5.41) is 2.57. The van der Waals surface area contributed by atoms with E-state index >= 15 is 0 Å². The van der Waals surface area contributed by atoms with Crippen molar-refractivity contribution in [1.82, 2.24) is 4.90 Å². The highest BCUT2D eigenvalue weighted by Crippen LogP contribution is 2.13. The Hall–Kier alpha value is -3.42. The number of carbonyl (C=O) groups excluding carboxylic acids is 3. The Balaban J connectivity index is 1.96. The second-order valence-electron chi connectivity index (χ2n) is 6.08. The summed E-state index contributed by atoms with van der Waals surface area (Å²) in [6.07, 6.45) is 0. The third-order valence-electron chi connectivity index (χ3n) is 3.69. The van der Waals surface area contributed by atoms with E-state index in [1.54, 1.807) is 45.3 Å². The summed E-state index contributed by atoms with van der Waals surface area (Å²) in [6, 6.07) is 7.51. The molecule has 0 saturated heterocycles. The van der Waals surface area contributed by atoms with Crippen molar-refractivity contribution in [2.24, 2.45) is 0 Å². The van der Waals surface area contributed by atoms with Gasteiger partial charge in [-0.15, -0.1) is 0 Å². The maximum Gasteiger partial charge on any atom is 0.342 e. The van der Waals surface area contributed by atoms with E-state index in [4.69, 9.17) is 9.15 Å². The molecule has 1 heterocycles. The first-order valence-electron chi connectivity index (χ1n) is 8.09. The first-order chi connectivity index (χ1) is 12.7. The molecule has 0 aliphatic carbocycles. The van der Waals surface area contributed by atoms with E-state index < -0.39 is 24.1 Å². The quantitative estimate of drug-likeness (QED) is 0.802. The Labute approximate surface area is 155 Å². The molecular formula is C19H20N2O6. The largest absolute Gasteiger partial charge is 0.452 e. The van der Waals surface area contributed by atoms with Gasteiger partial charge in [-0.2, -0.15) is 0 Å². The number of nitrogens with zero attached hydrogens (tertiary/aromatic N) is 1. The zero-order valence-corrected chi connectivity index (χ0v) is 15.5. The lowest BCUT2D eigenvalue weighted by molar-refractivity contribution is -0.119. The first kappa shape index (κ1) is 19.9. The zero-order chi connectivity index (χ0) is 20.1. The molecule has 0 fully saturated rings. The van der Waals surface area contributed by atoms with Gasteiger partial charge in [0.2, 0.25) is 0 Å². The summed E-state index contributed by atoms with van der Waals surface area (Å²) in [4.78, 5) is 48.6. The van der Waals surface area contributed by atoms with Crippen LogP contribution in [0.2, 0.25) is 0 Å². The van der Waals surface area contributed by atoms with Gasteiger partial charge in [-0.3, -0.25) is 9.59 Å². The average molecular weight is 372 g/mol. The predicted octanol–water partition coefficient (Wildman–Crippen LogP) is 1.75. The van der Waals surface area contributed by atoms with E-state index in [1.807, 2.05) is 0 Å². The number of carbonyl (C=O) groups is 3. The number of benzene rings is 1. The van der Waals surface area contributed by atoms with Crippen molar-refractivity contribution in [3.8, 4) is 0 Å². The molecule has 0 atom stereocenters. The highest BCUT2D eigenvalue weighted by molar-refractivity contribution is 5.97. The molecule has 0 spiro atoms. The van der Waals surface area contributed by atoms with E-state index in [0.717, 1.165) is 0 Å². The van der Waals surface area contributed by atoms with Crippen LogP contribution >= 0.6 is 0 Å². The second-order valence-corrected chi connectivity index (χ2v) is 6.08. The topological polar surface area (TPSA) is 106 Å². The van der Waals surface area contributed by atoms with Gasteiger partial charge in [-0.05, 0) is 43.7 Å². The van der Waals surface area contributed by atoms with Crippen LogP contribution in [0.4, 0.5) is 5.69 Å². The number of hydrogen-bond acceptors (Lipinski definition) is 6. The molecule has 1 aromatic carbocycles. The van der Waals surface area contributed by atoms with Gasteiger partial charge >= 0.3 is 11.6 Å². The Morgan fingerprint density at radius 3 is 2.30 bits per heavy atom. The molecule has 0 saturated carbocycles. The molecule has 1 aromatic heterocycles. The minimum Gasteiger partial charge on any atom is -0.452 e. The summed E-state index contributed by atoms with van der Waals surface area (Å²) < 4.78 is 9.86. The van der Waals surface area contributed by atoms with Gasteiger partial charge < -0.3 is 19.4 Å². The molecule has 27 heavy (non-hydrogen) atoms. The minimum atomic E-state index is -0.754. The molecule has 8 heteroatoms. The average Bonchev–Trinajstić information content (AvgIpc) is 2.59. The molecule has 1 N–H and O–H groups in total. The van der Waals surface area contributed by atoms with Crippen molar-refractivity contribution in [3.63, 3.8) is 0 Å². The number of ether oxygens (including phenoxy) is 1. The standard InChI is InChI=1S/C19H20N2O6/c1-11-9-16(23)27-12(2)17(11)19(25)26-10-15(22)20-14-7-5-13(6-8-14)18(24)21(3)4/h5-9H,10H2,1-4H3,(H,20,22). The van der Waals surface area contributed by atoms with Crippen LogP contribution in [0, 0.1) is 13.8 Å². The van der Waals surface area contributed by atoms with Gasteiger partial charge in [0, 0.05) is 31.4 Å². The molecular weight excluding hydrogens is 352 g/mol. The molecule has 2 amide bonds. The lowest BCUT2D eigenvalue weighted by atomic mass is 10.1. The molecule has 8 nitrogen and oxygen atoms in total. The molecule has 0 bridgehead atoms. The first-order valence-corrected chi connectivity index (χ1v) is 8.09. The van der Waals surface area contributed by atoms with Crippen LogP contribution in [-0.2, 0) is 9.53 Å². The number of aryl methyl sites for hydroxylation is 2. The smallest absolute Gasteiger partial charge is 0.342 e. The molecule has 0 aliphatic rings. The van der Waals surface area contributed by atoms with E-state index in [2.05, 4.69) is 5.32 Å². The van der Waals surface area contributed by atoms with Crippen molar-refractivity contribution in [2.45, 2.75) is 13.8 Å². The molecule has 0 aliphatic heterocycles. The van der Waals surface area contributed by atoms with Crippen molar-refractivity contribution in [2.75, 3.05) is 26.0 Å². The van der Waals surface area contributed by atoms with Gasteiger partial charge in [-0.1, -0.05) is 0 Å². The summed E-state index contributed by atoms with van der Waals surface area (Å²) in [7, 11) is 3.29. The summed E-state index contributed by atoms with van der Waals surface area (Å²) in [5.41, 5.74) is 0.921. The Morgan fingerprint density at radius 1 is 1.11 bits per heavy atom. The predicted molar refractivity (Wildman–Crippen MR) is 97.8 cm³/mol. The third-order valence-corrected chi connectivity index (χ3v) is 3.69. The second kappa shape index (κ2) is 8.31. The highest BCUT2D eigenvalue weighted by atomic mass is 16.5. The van der Waals surface area contributed by atoms with Crippen LogP contribution < -0.4 is 10.9 Å². The Morgan fingerprint density at radius 2 is 1.74 bits per heavy atom. The fourth-order valence-corrected chi connectivity index (χ4v) is 2.42. The molecule has 0 unspecified atom stereocenters. The van der Waals surface area contributed by atoms with E-state index in [1.165, 1.54) is 17.9 Å². The van der Waals surface area contributed by atoms with Gasteiger partial charge in [0.05, 0.1) is 0 Å². The molecule has 0 radical (unpaired) electrons. The Bertz CT molecular complexity index is 902. The minimum absolute atomic E-state index is 0.119. The highest BCUT2D eigenvalue weighted by Gasteiger charge is 2.18. The monoisotopic (exact) mass is 372 g/mol. The van der Waals surface area contributed by atoms with Crippen molar-refractivity contribution in [3.05, 3.63) is 63.2 Å². The maximum atomic E-state index is 12.1. The number of rotatable bonds is 5. The van der Waals surface area contributed by atoms with Crippen LogP contribution in [0.5, 0.6) is 0 Å². The molecule has 2 rings (SSSR count). The third kappa shape index (κ3) is 5.04. The maximum absolute atomic E-state index is 12.1. The van der Waals surface area contributed by atoms with Crippen molar-refractivity contribution in [1.29, 1.82) is 0 Å². The van der Waals surface area contributed by atoms with Crippen LogP contribution in [0.3, 0.4) is 0 Å². The number of anilines is 1. The summed E-state index contributed by atoms with van der Waals surface area (Å²) >= 11 is 0. The lowest BCUT2D eigenvalue weighted by Crippen LogP contribution is -2.23. The summed E-state index contributed by atoms with van der Waals surface area (Å²) in [5.74, 6) is -1.31. The number of nitrogens with one attached hydrogen (secondary N) is 1. The number of esters is 1. The van der Waals surface area contributed by atoms with Crippen molar-refractivity contribution < 1.29 is 23.5 Å². The number of amides is 2. The molecule has 2 aromatic rings. The van der Waals surface area contributed by atoms with Crippen LogP contribution in [0.1, 0.15) is 32.0 Å². The van der Waals surface area contributed by atoms with E-state index in [9.17, 15) is 19.2 Å². The fraction of sp³-hybridized carbons (Fsp3) is 0.263. The lowest BCUT2D eigenvalue weighted by Gasteiger charge is -2.11.